The van der Waals surface area contributed by atoms with Crippen LogP contribution in [0.25, 0.3) is 10.8 Å². The number of carbonyl (C=O) groups excluding carboxylic acids is 1. The van der Waals surface area contributed by atoms with Crippen molar-refractivity contribution in [2.24, 2.45) is 5.92 Å². The van der Waals surface area contributed by atoms with Crippen molar-refractivity contribution in [1.29, 1.82) is 0 Å². The summed E-state index contributed by atoms with van der Waals surface area (Å²) in [4.78, 5) is 23.5. The van der Waals surface area contributed by atoms with Crippen molar-refractivity contribution in [2.45, 2.75) is 32.0 Å². The molecule has 0 saturated carbocycles. The number of benzene rings is 1. The van der Waals surface area contributed by atoms with Gasteiger partial charge in [0.05, 0.1) is 24.8 Å². The quantitative estimate of drug-likeness (QED) is 0.589. The normalized spacial score (nSPS) is 16.0. The zero-order chi connectivity index (χ0) is 23.6. The minimum absolute atomic E-state index is 0.0236. The van der Waals surface area contributed by atoms with Gasteiger partial charge in [0.25, 0.3) is 5.91 Å². The van der Waals surface area contributed by atoms with Crippen molar-refractivity contribution >= 4 is 22.5 Å². The maximum absolute atomic E-state index is 13.1. The summed E-state index contributed by atoms with van der Waals surface area (Å²) in [6, 6.07) is 12.2. The first-order valence-corrected chi connectivity index (χ1v) is 10.8. The molecule has 1 atom stereocenters. The van der Waals surface area contributed by atoms with E-state index in [1.54, 1.807) is 30.5 Å². The number of amides is 1. The number of aromatic nitrogens is 2. The monoisotopic (exact) mass is 458 g/mol. The predicted octanol–water partition coefficient (Wildman–Crippen LogP) is 4.91. The third kappa shape index (κ3) is 5.02. The largest absolute Gasteiger partial charge is 0.481 e. The van der Waals surface area contributed by atoms with E-state index in [1.807, 2.05) is 30.0 Å². The number of rotatable bonds is 5. The Labute approximate surface area is 189 Å². The Kier molecular flexibility index (Phi) is 6.40. The van der Waals surface area contributed by atoms with Crippen LogP contribution in [0.1, 0.15) is 41.9 Å². The van der Waals surface area contributed by atoms with E-state index in [4.69, 9.17) is 4.74 Å². The fourth-order valence-electron chi connectivity index (χ4n) is 4.11. The highest BCUT2D eigenvalue weighted by atomic mass is 19.4. The predicted molar refractivity (Wildman–Crippen MR) is 119 cm³/mol. The van der Waals surface area contributed by atoms with Crippen LogP contribution in [0.15, 0.2) is 48.7 Å². The SMILES string of the molecule is COc1cc2cc(C(=O)N[C@@H](C)c3ccccn3)ccc2c(N2CCC(C(F)(F)F)CC2)n1. The summed E-state index contributed by atoms with van der Waals surface area (Å²) in [5, 5.41) is 4.43. The lowest BCUT2D eigenvalue weighted by Gasteiger charge is -2.34. The van der Waals surface area contributed by atoms with E-state index >= 15 is 0 Å². The number of anilines is 1. The van der Waals surface area contributed by atoms with Crippen LogP contribution in [0, 0.1) is 5.92 Å². The number of nitrogens with one attached hydrogen (secondary N) is 1. The van der Waals surface area contributed by atoms with Gasteiger partial charge in [-0.1, -0.05) is 6.07 Å². The van der Waals surface area contributed by atoms with Crippen molar-refractivity contribution < 1.29 is 22.7 Å². The molecule has 0 bridgehead atoms. The van der Waals surface area contributed by atoms with Crippen LogP contribution in [0.5, 0.6) is 5.88 Å². The molecule has 6 nitrogen and oxygen atoms in total. The van der Waals surface area contributed by atoms with Crippen LogP contribution in [0.2, 0.25) is 0 Å². The van der Waals surface area contributed by atoms with Crippen molar-refractivity contribution in [3.05, 3.63) is 59.9 Å². The molecule has 1 fully saturated rings. The molecule has 1 aliphatic rings. The van der Waals surface area contributed by atoms with E-state index in [2.05, 4.69) is 15.3 Å². The maximum atomic E-state index is 13.1. The van der Waals surface area contributed by atoms with Crippen LogP contribution in [0.4, 0.5) is 19.0 Å². The third-order valence-electron chi connectivity index (χ3n) is 6.00. The summed E-state index contributed by atoms with van der Waals surface area (Å²) < 4.78 is 44.5. The summed E-state index contributed by atoms with van der Waals surface area (Å²) in [7, 11) is 1.49. The molecular weight excluding hydrogens is 433 g/mol. The lowest BCUT2D eigenvalue weighted by Crippen LogP contribution is -2.39. The molecule has 3 heterocycles. The number of pyridine rings is 2. The van der Waals surface area contributed by atoms with Gasteiger partial charge in [-0.3, -0.25) is 9.78 Å². The average Bonchev–Trinajstić information content (AvgIpc) is 2.83. The van der Waals surface area contributed by atoms with Crippen LogP contribution in [0.3, 0.4) is 0 Å². The van der Waals surface area contributed by atoms with Crippen molar-refractivity contribution in [1.82, 2.24) is 15.3 Å². The lowest BCUT2D eigenvalue weighted by molar-refractivity contribution is -0.179. The molecule has 2 aromatic heterocycles. The van der Waals surface area contributed by atoms with E-state index in [0.717, 1.165) is 16.5 Å². The van der Waals surface area contributed by atoms with Gasteiger partial charge in [-0.2, -0.15) is 18.2 Å². The molecule has 0 aliphatic carbocycles. The number of hydrogen-bond acceptors (Lipinski definition) is 5. The topological polar surface area (TPSA) is 67.3 Å². The summed E-state index contributed by atoms with van der Waals surface area (Å²) in [5.74, 6) is -0.631. The Morgan fingerprint density at radius 3 is 2.58 bits per heavy atom. The Balaban J connectivity index is 1.59. The van der Waals surface area contributed by atoms with E-state index in [0.29, 0.717) is 17.3 Å². The first kappa shape index (κ1) is 22.8. The van der Waals surface area contributed by atoms with Crippen LogP contribution in [-0.2, 0) is 0 Å². The molecule has 3 aromatic rings. The second kappa shape index (κ2) is 9.25. The minimum Gasteiger partial charge on any atom is -0.481 e. The molecule has 1 aliphatic heterocycles. The van der Waals surface area contributed by atoms with E-state index in [1.165, 1.54) is 7.11 Å². The average molecular weight is 458 g/mol. The van der Waals surface area contributed by atoms with Gasteiger partial charge < -0.3 is 15.0 Å². The number of ether oxygens (including phenoxy) is 1. The van der Waals surface area contributed by atoms with Gasteiger partial charge in [0.2, 0.25) is 5.88 Å². The summed E-state index contributed by atoms with van der Waals surface area (Å²) >= 11 is 0. The molecule has 1 aromatic carbocycles. The Hall–Kier alpha value is -3.36. The number of piperidine rings is 1. The first-order valence-electron chi connectivity index (χ1n) is 10.8. The van der Waals surface area contributed by atoms with Crippen LogP contribution < -0.4 is 15.0 Å². The third-order valence-corrected chi connectivity index (χ3v) is 6.00. The second-order valence-corrected chi connectivity index (χ2v) is 8.18. The zero-order valence-electron chi connectivity index (χ0n) is 18.4. The van der Waals surface area contributed by atoms with E-state index < -0.39 is 12.1 Å². The molecule has 0 unspecified atom stereocenters. The number of halogens is 3. The molecule has 1 saturated heterocycles. The van der Waals surface area contributed by atoms with Crippen molar-refractivity contribution in [2.75, 3.05) is 25.1 Å². The van der Waals surface area contributed by atoms with Gasteiger partial charge in [0.15, 0.2) is 0 Å². The number of hydrogen-bond donors (Lipinski definition) is 1. The molecule has 1 N–H and O–H groups in total. The summed E-state index contributed by atoms with van der Waals surface area (Å²) in [6.07, 6.45) is -2.46. The van der Waals surface area contributed by atoms with E-state index in [9.17, 15) is 18.0 Å². The zero-order valence-corrected chi connectivity index (χ0v) is 18.4. The molecule has 33 heavy (non-hydrogen) atoms. The molecule has 4 rings (SSSR count). The fourth-order valence-corrected chi connectivity index (χ4v) is 4.11. The second-order valence-electron chi connectivity index (χ2n) is 8.18. The lowest BCUT2D eigenvalue weighted by atomic mass is 9.96. The molecule has 0 spiro atoms. The Morgan fingerprint density at radius 1 is 1.18 bits per heavy atom. The Morgan fingerprint density at radius 2 is 1.94 bits per heavy atom. The smallest absolute Gasteiger partial charge is 0.391 e. The molecule has 174 valence electrons. The molecule has 1 amide bonds. The highest BCUT2D eigenvalue weighted by Crippen LogP contribution is 2.37. The highest BCUT2D eigenvalue weighted by Gasteiger charge is 2.41. The number of carbonyl (C=O) groups is 1. The van der Waals surface area contributed by atoms with E-state index in [-0.39, 0.29) is 37.9 Å². The van der Waals surface area contributed by atoms with Crippen molar-refractivity contribution in [3.8, 4) is 5.88 Å². The van der Waals surface area contributed by atoms with Gasteiger partial charge in [-0.25, -0.2) is 0 Å². The standard InChI is InChI=1S/C24H25F3N4O2/c1-15(20-5-3-4-10-28-20)29-23(32)16-6-7-19-17(13-16)14-21(33-2)30-22(19)31-11-8-18(9-12-31)24(25,26)27/h3-7,10,13-15,18H,8-9,11-12H2,1-2H3,(H,29,32)/t15-/m0/s1. The highest BCUT2D eigenvalue weighted by molar-refractivity contribution is 6.01. The number of nitrogens with zero attached hydrogens (tertiary/aromatic N) is 3. The molecule has 9 heteroatoms. The van der Waals surface area contributed by atoms with Crippen molar-refractivity contribution in [3.63, 3.8) is 0 Å². The molecular formula is C24H25F3N4O2. The Bertz CT molecular complexity index is 1130. The number of fused-ring (bicyclic) bond motifs is 1. The van der Waals surface area contributed by atoms with Crippen LogP contribution >= 0.6 is 0 Å². The van der Waals surface area contributed by atoms with Gasteiger partial charge in [-0.05, 0) is 55.5 Å². The van der Waals surface area contributed by atoms with Gasteiger partial charge in [0, 0.05) is 36.3 Å². The summed E-state index contributed by atoms with van der Waals surface area (Å²) in [5.41, 5.74) is 1.21. The minimum atomic E-state index is -4.18. The van der Waals surface area contributed by atoms with Gasteiger partial charge >= 0.3 is 6.18 Å². The van der Waals surface area contributed by atoms with Gasteiger partial charge in [-0.15, -0.1) is 0 Å². The number of methoxy groups -OCH3 is 1. The fraction of sp³-hybridized carbons (Fsp3) is 0.375. The maximum Gasteiger partial charge on any atom is 0.391 e. The first-order chi connectivity index (χ1) is 15.8. The molecule has 0 radical (unpaired) electrons. The number of alkyl halides is 3. The summed E-state index contributed by atoms with van der Waals surface area (Å²) in [6.45, 7) is 2.36. The van der Waals surface area contributed by atoms with Crippen LogP contribution in [-0.4, -0.2) is 42.3 Å². The van der Waals surface area contributed by atoms with Gasteiger partial charge in [0.1, 0.15) is 5.82 Å².